The maximum atomic E-state index is 11.8. The van der Waals surface area contributed by atoms with Crippen molar-refractivity contribution in [1.82, 2.24) is 0 Å². The number of carbonyl (C=O) groups is 1. The molecule has 20 heavy (non-hydrogen) atoms. The van der Waals surface area contributed by atoms with E-state index in [1.54, 1.807) is 6.08 Å². The monoisotopic (exact) mass is 284 g/mol. The van der Waals surface area contributed by atoms with Gasteiger partial charge in [0.2, 0.25) is 12.0 Å². The molecule has 114 valence electrons. The minimum absolute atomic E-state index is 0.123. The topological polar surface area (TPSA) is 65.0 Å². The van der Waals surface area contributed by atoms with E-state index >= 15 is 0 Å². The van der Waals surface area contributed by atoms with Gasteiger partial charge in [-0.2, -0.15) is 0 Å². The van der Waals surface area contributed by atoms with Gasteiger partial charge in [-0.05, 0) is 31.8 Å². The van der Waals surface area contributed by atoms with Crippen molar-refractivity contribution >= 4 is 5.97 Å². The third-order valence-electron chi connectivity index (χ3n) is 3.24. The van der Waals surface area contributed by atoms with Crippen LogP contribution >= 0.6 is 0 Å². The number of hydrogen-bond acceptors (Lipinski definition) is 5. The van der Waals surface area contributed by atoms with Crippen molar-refractivity contribution in [3.05, 3.63) is 24.5 Å². The van der Waals surface area contributed by atoms with Gasteiger partial charge < -0.3 is 19.3 Å². The molecule has 0 unspecified atom stereocenters. The fraction of sp³-hybridized carbons (Fsp3) is 0.667. The fourth-order valence-electron chi connectivity index (χ4n) is 2.23. The predicted molar refractivity (Wildman–Crippen MR) is 74.7 cm³/mol. The molecule has 0 aromatic heterocycles. The molecule has 0 aromatic rings. The summed E-state index contributed by atoms with van der Waals surface area (Å²) in [4.78, 5) is 11.8. The van der Waals surface area contributed by atoms with Crippen LogP contribution in [-0.4, -0.2) is 37.2 Å². The smallest absolute Gasteiger partial charge is 0.373 e. The third-order valence-corrected chi connectivity index (χ3v) is 3.24. The van der Waals surface area contributed by atoms with Gasteiger partial charge in [0.15, 0.2) is 0 Å². The van der Waals surface area contributed by atoms with Crippen LogP contribution in [0.15, 0.2) is 24.5 Å². The van der Waals surface area contributed by atoms with Gasteiger partial charge >= 0.3 is 5.97 Å². The second-order valence-corrected chi connectivity index (χ2v) is 4.75. The molecule has 5 nitrogen and oxygen atoms in total. The van der Waals surface area contributed by atoms with E-state index < -0.39 is 12.3 Å². The summed E-state index contributed by atoms with van der Waals surface area (Å²) in [6.45, 7) is 8.18. The standard InChI is InChI=1S/C15H24O5/c1-4-9-19-14(17)13-10-11(3)12(7-6-8-16)15(20-13)18-5-2/h4,10-12,15-16H,1,5-9H2,2-3H3/t11-,12-,15+/m1/s1. The maximum Gasteiger partial charge on any atom is 0.373 e. The second-order valence-electron chi connectivity index (χ2n) is 4.75. The van der Waals surface area contributed by atoms with Crippen molar-refractivity contribution in [1.29, 1.82) is 0 Å². The quantitative estimate of drug-likeness (QED) is 0.545. The van der Waals surface area contributed by atoms with Crippen molar-refractivity contribution in [2.24, 2.45) is 11.8 Å². The number of aliphatic hydroxyl groups excluding tert-OH is 1. The zero-order valence-corrected chi connectivity index (χ0v) is 12.2. The van der Waals surface area contributed by atoms with E-state index in [4.69, 9.17) is 19.3 Å². The summed E-state index contributed by atoms with van der Waals surface area (Å²) in [5.74, 6) is -0.0590. The summed E-state index contributed by atoms with van der Waals surface area (Å²) >= 11 is 0. The van der Waals surface area contributed by atoms with Gasteiger partial charge in [0.1, 0.15) is 6.61 Å². The minimum Gasteiger partial charge on any atom is -0.457 e. The summed E-state index contributed by atoms with van der Waals surface area (Å²) in [7, 11) is 0. The molecule has 5 heteroatoms. The van der Waals surface area contributed by atoms with Crippen molar-refractivity contribution in [2.75, 3.05) is 19.8 Å². The lowest BCUT2D eigenvalue weighted by molar-refractivity contribution is -0.179. The van der Waals surface area contributed by atoms with Gasteiger partial charge in [-0.1, -0.05) is 19.6 Å². The number of hydrogen-bond donors (Lipinski definition) is 1. The molecule has 0 radical (unpaired) electrons. The SMILES string of the molecule is C=CCOC(=O)C1=C[C@@H](C)[C@@H](CCCO)[C@@H](OCC)O1. The first kappa shape index (κ1) is 16.7. The Morgan fingerprint density at radius 1 is 1.60 bits per heavy atom. The number of ether oxygens (including phenoxy) is 3. The highest BCUT2D eigenvalue weighted by Crippen LogP contribution is 2.32. The minimum atomic E-state index is -0.498. The summed E-state index contributed by atoms with van der Waals surface area (Å²) < 4.78 is 16.2. The maximum absolute atomic E-state index is 11.8. The lowest BCUT2D eigenvalue weighted by Crippen LogP contribution is -2.36. The van der Waals surface area contributed by atoms with E-state index in [1.165, 1.54) is 6.08 Å². The first-order chi connectivity index (χ1) is 9.63. The van der Waals surface area contributed by atoms with Crippen LogP contribution in [0.2, 0.25) is 0 Å². The molecular weight excluding hydrogens is 260 g/mol. The Morgan fingerprint density at radius 2 is 2.35 bits per heavy atom. The molecule has 0 fully saturated rings. The molecule has 1 N–H and O–H groups in total. The Kier molecular flexibility index (Phi) is 7.33. The largest absolute Gasteiger partial charge is 0.457 e. The van der Waals surface area contributed by atoms with E-state index in [-0.39, 0.29) is 30.8 Å². The van der Waals surface area contributed by atoms with Gasteiger partial charge in [0, 0.05) is 19.1 Å². The Morgan fingerprint density at radius 3 is 2.95 bits per heavy atom. The Balaban J connectivity index is 2.75. The van der Waals surface area contributed by atoms with Gasteiger partial charge in [0.25, 0.3) is 0 Å². The summed E-state index contributed by atoms with van der Waals surface area (Å²) in [5.41, 5.74) is 0. The van der Waals surface area contributed by atoms with Crippen LogP contribution in [0.5, 0.6) is 0 Å². The normalized spacial score (nSPS) is 25.6. The van der Waals surface area contributed by atoms with E-state index in [2.05, 4.69) is 6.58 Å². The lowest BCUT2D eigenvalue weighted by Gasteiger charge is -2.34. The molecule has 3 atom stereocenters. The average Bonchev–Trinajstić information content (AvgIpc) is 2.44. The first-order valence-electron chi connectivity index (χ1n) is 7.03. The predicted octanol–water partition coefficient (Wildman–Crippen LogP) is 2.02. The summed E-state index contributed by atoms with van der Waals surface area (Å²) in [6.07, 6.45) is 4.27. The van der Waals surface area contributed by atoms with Crippen molar-refractivity contribution in [2.45, 2.75) is 33.0 Å². The van der Waals surface area contributed by atoms with Crippen molar-refractivity contribution in [3.63, 3.8) is 0 Å². The van der Waals surface area contributed by atoms with Crippen molar-refractivity contribution in [3.8, 4) is 0 Å². The van der Waals surface area contributed by atoms with E-state index in [9.17, 15) is 4.79 Å². The molecule has 0 aromatic carbocycles. The van der Waals surface area contributed by atoms with Crippen LogP contribution in [-0.2, 0) is 19.0 Å². The molecule has 1 heterocycles. The highest BCUT2D eigenvalue weighted by atomic mass is 16.7. The number of carbonyl (C=O) groups excluding carboxylic acids is 1. The van der Waals surface area contributed by atoms with Crippen LogP contribution in [0, 0.1) is 11.8 Å². The van der Waals surface area contributed by atoms with Crippen LogP contribution in [0.3, 0.4) is 0 Å². The molecule has 0 amide bonds. The van der Waals surface area contributed by atoms with Crippen LogP contribution < -0.4 is 0 Å². The number of rotatable bonds is 8. The second kappa shape index (κ2) is 8.76. The first-order valence-corrected chi connectivity index (χ1v) is 7.03. The Hall–Kier alpha value is -1.33. The number of aliphatic hydroxyl groups is 1. The third kappa shape index (κ3) is 4.65. The summed E-state index contributed by atoms with van der Waals surface area (Å²) in [6, 6.07) is 0. The van der Waals surface area contributed by atoms with E-state index in [1.807, 2.05) is 13.8 Å². The number of allylic oxidation sites excluding steroid dienone is 1. The summed E-state index contributed by atoms with van der Waals surface area (Å²) in [5, 5.41) is 8.96. The van der Waals surface area contributed by atoms with Crippen molar-refractivity contribution < 1.29 is 24.1 Å². The molecule has 0 saturated heterocycles. The highest BCUT2D eigenvalue weighted by molar-refractivity contribution is 5.86. The number of esters is 1. The van der Waals surface area contributed by atoms with E-state index in [0.717, 1.165) is 6.42 Å². The van der Waals surface area contributed by atoms with Gasteiger partial charge in [0.05, 0.1) is 0 Å². The molecule has 1 aliphatic heterocycles. The van der Waals surface area contributed by atoms with Gasteiger partial charge in [-0.25, -0.2) is 4.79 Å². The van der Waals surface area contributed by atoms with Crippen LogP contribution in [0.4, 0.5) is 0 Å². The Labute approximate surface area is 120 Å². The Bertz CT molecular complexity index is 350. The zero-order chi connectivity index (χ0) is 15.0. The zero-order valence-electron chi connectivity index (χ0n) is 12.2. The van der Waals surface area contributed by atoms with Gasteiger partial charge in [-0.15, -0.1) is 0 Å². The molecule has 0 bridgehead atoms. The molecule has 0 spiro atoms. The molecular formula is C15H24O5. The van der Waals surface area contributed by atoms with Gasteiger partial charge in [-0.3, -0.25) is 0 Å². The average molecular weight is 284 g/mol. The molecule has 1 rings (SSSR count). The van der Waals surface area contributed by atoms with Crippen LogP contribution in [0.1, 0.15) is 26.7 Å². The molecule has 0 saturated carbocycles. The van der Waals surface area contributed by atoms with E-state index in [0.29, 0.717) is 13.0 Å². The highest BCUT2D eigenvalue weighted by Gasteiger charge is 2.35. The molecule has 1 aliphatic rings. The lowest BCUT2D eigenvalue weighted by atomic mass is 9.87. The van der Waals surface area contributed by atoms with Crippen LogP contribution in [0.25, 0.3) is 0 Å². The fourth-order valence-corrected chi connectivity index (χ4v) is 2.23. The molecule has 0 aliphatic carbocycles.